The van der Waals surface area contributed by atoms with E-state index < -0.39 is 0 Å². The average molecular weight is 333 g/mol. The van der Waals surface area contributed by atoms with Crippen LogP contribution in [0.25, 0.3) is 11.5 Å². The van der Waals surface area contributed by atoms with Crippen molar-refractivity contribution in [1.29, 1.82) is 0 Å². The molecule has 3 rings (SSSR count). The molecule has 5 nitrogen and oxygen atoms in total. The van der Waals surface area contributed by atoms with E-state index in [2.05, 4.69) is 10.2 Å². The minimum Gasteiger partial charge on any atom is -0.421 e. The summed E-state index contributed by atoms with van der Waals surface area (Å²) in [5.74, 6) is 1.24. The summed E-state index contributed by atoms with van der Waals surface area (Å²) in [5.41, 5.74) is 0.940. The SMILES string of the molecule is CN(C(=O)CCc1nnc(-c2ccsc2)o1)C1CCCCCC1. The molecule has 2 aromatic heterocycles. The lowest BCUT2D eigenvalue weighted by atomic mass is 10.1. The summed E-state index contributed by atoms with van der Waals surface area (Å²) in [6, 6.07) is 2.35. The van der Waals surface area contributed by atoms with Crippen molar-refractivity contribution in [3.63, 3.8) is 0 Å². The predicted octanol–water partition coefficient (Wildman–Crippen LogP) is 3.91. The summed E-state index contributed by atoms with van der Waals surface area (Å²) >= 11 is 1.59. The molecule has 124 valence electrons. The van der Waals surface area contributed by atoms with E-state index in [0.717, 1.165) is 18.4 Å². The average Bonchev–Trinajstić information content (AvgIpc) is 3.18. The van der Waals surface area contributed by atoms with Crippen molar-refractivity contribution in [2.24, 2.45) is 0 Å². The Bertz CT molecular complexity index is 616. The number of rotatable bonds is 5. The van der Waals surface area contributed by atoms with Crippen molar-refractivity contribution in [1.82, 2.24) is 15.1 Å². The summed E-state index contributed by atoms with van der Waals surface area (Å²) in [6.45, 7) is 0. The van der Waals surface area contributed by atoms with Crippen LogP contribution in [0, 0.1) is 0 Å². The zero-order valence-corrected chi connectivity index (χ0v) is 14.3. The molecule has 0 radical (unpaired) electrons. The summed E-state index contributed by atoms with van der Waals surface area (Å²) in [5, 5.41) is 12.0. The molecule has 0 aromatic carbocycles. The van der Waals surface area contributed by atoms with Gasteiger partial charge in [-0.2, -0.15) is 11.3 Å². The zero-order valence-electron chi connectivity index (χ0n) is 13.5. The molecule has 0 N–H and O–H groups in total. The second kappa shape index (κ2) is 7.73. The molecule has 0 atom stereocenters. The highest BCUT2D eigenvalue weighted by Crippen LogP contribution is 2.23. The molecule has 23 heavy (non-hydrogen) atoms. The van der Waals surface area contributed by atoms with E-state index in [-0.39, 0.29) is 5.91 Å². The molecule has 1 fully saturated rings. The Morgan fingerprint density at radius 1 is 1.30 bits per heavy atom. The van der Waals surface area contributed by atoms with Crippen LogP contribution >= 0.6 is 11.3 Å². The van der Waals surface area contributed by atoms with Crippen molar-refractivity contribution in [3.05, 3.63) is 22.7 Å². The number of aromatic nitrogens is 2. The number of hydrogen-bond donors (Lipinski definition) is 0. The minimum absolute atomic E-state index is 0.173. The summed E-state index contributed by atoms with van der Waals surface area (Å²) in [4.78, 5) is 14.3. The first kappa shape index (κ1) is 16.2. The molecule has 0 saturated heterocycles. The largest absolute Gasteiger partial charge is 0.421 e. The topological polar surface area (TPSA) is 59.2 Å². The van der Waals surface area contributed by atoms with Crippen LogP contribution in [0.5, 0.6) is 0 Å². The van der Waals surface area contributed by atoms with Crippen LogP contribution in [0.15, 0.2) is 21.2 Å². The van der Waals surface area contributed by atoms with E-state index in [9.17, 15) is 4.79 Å². The number of carbonyl (C=O) groups excluding carboxylic acids is 1. The number of carbonyl (C=O) groups is 1. The quantitative estimate of drug-likeness (QED) is 0.778. The fourth-order valence-electron chi connectivity index (χ4n) is 3.10. The third-order valence-corrected chi connectivity index (χ3v) is 5.24. The maximum Gasteiger partial charge on any atom is 0.248 e. The van der Waals surface area contributed by atoms with Gasteiger partial charge in [-0.1, -0.05) is 25.7 Å². The first-order chi connectivity index (χ1) is 11.2. The van der Waals surface area contributed by atoms with Crippen LogP contribution < -0.4 is 0 Å². The summed E-state index contributed by atoms with van der Waals surface area (Å²) in [7, 11) is 1.93. The molecule has 1 aliphatic rings. The monoisotopic (exact) mass is 333 g/mol. The van der Waals surface area contributed by atoms with Gasteiger partial charge in [-0.15, -0.1) is 10.2 Å². The van der Waals surface area contributed by atoms with Crippen LogP contribution in [0.3, 0.4) is 0 Å². The molecule has 0 bridgehead atoms. The molecular formula is C17H23N3O2S. The number of amides is 1. The van der Waals surface area contributed by atoms with E-state index in [0.29, 0.717) is 30.7 Å². The maximum absolute atomic E-state index is 12.4. The molecule has 0 aliphatic heterocycles. The Kier molecular flexibility index (Phi) is 5.43. The molecule has 0 unspecified atom stereocenters. The number of thiophene rings is 1. The van der Waals surface area contributed by atoms with Gasteiger partial charge in [0.25, 0.3) is 0 Å². The van der Waals surface area contributed by atoms with Crippen molar-refractivity contribution >= 4 is 17.2 Å². The number of aryl methyl sites for hydroxylation is 1. The van der Waals surface area contributed by atoms with Crippen LogP contribution in [-0.2, 0) is 11.2 Å². The fraction of sp³-hybridized carbons (Fsp3) is 0.588. The minimum atomic E-state index is 0.173. The lowest BCUT2D eigenvalue weighted by molar-refractivity contribution is -0.132. The smallest absolute Gasteiger partial charge is 0.248 e. The van der Waals surface area contributed by atoms with E-state index in [4.69, 9.17) is 4.42 Å². The van der Waals surface area contributed by atoms with Gasteiger partial charge in [0, 0.05) is 36.9 Å². The lowest BCUT2D eigenvalue weighted by Gasteiger charge is -2.27. The maximum atomic E-state index is 12.4. The second-order valence-corrected chi connectivity index (χ2v) is 6.94. The molecule has 1 saturated carbocycles. The molecular weight excluding hydrogens is 310 g/mol. The van der Waals surface area contributed by atoms with Crippen molar-refractivity contribution < 1.29 is 9.21 Å². The van der Waals surface area contributed by atoms with Crippen molar-refractivity contribution in [2.75, 3.05) is 7.05 Å². The molecule has 1 aliphatic carbocycles. The highest BCUT2D eigenvalue weighted by molar-refractivity contribution is 7.08. The standard InChI is InChI=1S/C17H23N3O2S/c1-20(14-6-4-2-3-5-7-14)16(21)9-8-15-18-19-17(22-15)13-10-11-23-12-13/h10-12,14H,2-9H2,1H3. The molecule has 1 amide bonds. The molecule has 2 aromatic rings. The van der Waals surface area contributed by atoms with Crippen LogP contribution in [0.4, 0.5) is 0 Å². The zero-order chi connectivity index (χ0) is 16.1. The predicted molar refractivity (Wildman–Crippen MR) is 90.2 cm³/mol. The van der Waals surface area contributed by atoms with Gasteiger partial charge in [0.15, 0.2) is 0 Å². The first-order valence-electron chi connectivity index (χ1n) is 8.34. The van der Waals surface area contributed by atoms with Gasteiger partial charge in [-0.3, -0.25) is 4.79 Å². The Hall–Kier alpha value is -1.69. The highest BCUT2D eigenvalue weighted by atomic mass is 32.1. The van der Waals surface area contributed by atoms with Gasteiger partial charge in [-0.25, -0.2) is 0 Å². The lowest BCUT2D eigenvalue weighted by Crippen LogP contribution is -2.36. The van der Waals surface area contributed by atoms with Gasteiger partial charge in [-0.05, 0) is 24.3 Å². The highest BCUT2D eigenvalue weighted by Gasteiger charge is 2.21. The fourth-order valence-corrected chi connectivity index (χ4v) is 3.73. The second-order valence-electron chi connectivity index (χ2n) is 6.16. The van der Waals surface area contributed by atoms with E-state index in [1.165, 1.54) is 25.7 Å². The van der Waals surface area contributed by atoms with Crippen molar-refractivity contribution in [2.45, 2.75) is 57.4 Å². The van der Waals surface area contributed by atoms with E-state index in [1.54, 1.807) is 11.3 Å². The molecule has 2 heterocycles. The van der Waals surface area contributed by atoms with Crippen LogP contribution in [0.2, 0.25) is 0 Å². The summed E-state index contributed by atoms with van der Waals surface area (Å²) < 4.78 is 5.64. The van der Waals surface area contributed by atoms with Crippen molar-refractivity contribution in [3.8, 4) is 11.5 Å². The number of hydrogen-bond acceptors (Lipinski definition) is 5. The normalized spacial score (nSPS) is 16.2. The Balaban J connectivity index is 1.52. The van der Waals surface area contributed by atoms with Crippen LogP contribution in [-0.4, -0.2) is 34.1 Å². The van der Waals surface area contributed by atoms with E-state index >= 15 is 0 Å². The van der Waals surface area contributed by atoms with Gasteiger partial charge < -0.3 is 9.32 Å². The number of nitrogens with zero attached hydrogens (tertiary/aromatic N) is 3. The van der Waals surface area contributed by atoms with E-state index in [1.807, 2.05) is 28.8 Å². The van der Waals surface area contributed by atoms with Gasteiger partial charge in [0.1, 0.15) is 0 Å². The van der Waals surface area contributed by atoms with Gasteiger partial charge in [0.2, 0.25) is 17.7 Å². The Labute approximate surface area is 140 Å². The van der Waals surface area contributed by atoms with Gasteiger partial charge in [0.05, 0.1) is 0 Å². The van der Waals surface area contributed by atoms with Crippen LogP contribution in [0.1, 0.15) is 50.8 Å². The third-order valence-electron chi connectivity index (χ3n) is 4.55. The Morgan fingerprint density at radius 3 is 2.78 bits per heavy atom. The van der Waals surface area contributed by atoms with Gasteiger partial charge >= 0.3 is 0 Å². The summed E-state index contributed by atoms with van der Waals surface area (Å²) in [6.07, 6.45) is 8.26. The Morgan fingerprint density at radius 2 is 2.09 bits per heavy atom. The molecule has 6 heteroatoms. The third kappa shape index (κ3) is 4.19. The molecule has 0 spiro atoms. The first-order valence-corrected chi connectivity index (χ1v) is 9.29.